The van der Waals surface area contributed by atoms with Gasteiger partial charge in [0.1, 0.15) is 5.38 Å². The third kappa shape index (κ3) is 5.19. The largest absolute Gasteiger partial charge is 0.354 e. The fourth-order valence-electron chi connectivity index (χ4n) is 2.85. The first kappa shape index (κ1) is 19.2. The van der Waals surface area contributed by atoms with E-state index < -0.39 is 5.38 Å². The van der Waals surface area contributed by atoms with Gasteiger partial charge < -0.3 is 15.5 Å². The number of nitrogens with zero attached hydrogens (tertiary/aromatic N) is 1. The van der Waals surface area contributed by atoms with Crippen LogP contribution in [0.4, 0.5) is 0 Å². The number of alkyl halides is 1. The van der Waals surface area contributed by atoms with Crippen LogP contribution >= 0.6 is 11.6 Å². The van der Waals surface area contributed by atoms with Crippen molar-refractivity contribution in [3.63, 3.8) is 0 Å². The average Bonchev–Trinajstić information content (AvgIpc) is 3.00. The van der Waals surface area contributed by atoms with E-state index in [0.717, 1.165) is 5.56 Å². The molecule has 1 aromatic carbocycles. The van der Waals surface area contributed by atoms with Crippen LogP contribution in [0.15, 0.2) is 30.3 Å². The molecule has 0 spiro atoms. The number of carbonyl (C=O) groups excluding carboxylic acids is 3. The van der Waals surface area contributed by atoms with Crippen LogP contribution in [0.5, 0.6) is 0 Å². The van der Waals surface area contributed by atoms with E-state index in [-0.39, 0.29) is 36.1 Å². The Morgan fingerprint density at radius 2 is 1.84 bits per heavy atom. The van der Waals surface area contributed by atoms with Gasteiger partial charge in [-0.25, -0.2) is 0 Å². The first-order valence-electron chi connectivity index (χ1n) is 8.44. The first-order valence-corrected chi connectivity index (χ1v) is 8.87. The Balaban J connectivity index is 1.81. The quantitative estimate of drug-likeness (QED) is 0.567. The average molecular weight is 366 g/mol. The molecule has 1 aliphatic heterocycles. The van der Waals surface area contributed by atoms with Crippen molar-refractivity contribution in [3.8, 4) is 0 Å². The predicted molar refractivity (Wildman–Crippen MR) is 96.0 cm³/mol. The van der Waals surface area contributed by atoms with E-state index in [2.05, 4.69) is 10.6 Å². The molecule has 0 bridgehead atoms. The van der Waals surface area contributed by atoms with Gasteiger partial charge in [0.2, 0.25) is 17.7 Å². The molecule has 1 aromatic rings. The molecule has 0 radical (unpaired) electrons. The molecule has 0 aliphatic carbocycles. The Bertz CT molecular complexity index is 621. The molecule has 1 aliphatic rings. The summed E-state index contributed by atoms with van der Waals surface area (Å²) >= 11 is 5.64. The summed E-state index contributed by atoms with van der Waals surface area (Å²) in [4.78, 5) is 37.6. The number of amides is 3. The van der Waals surface area contributed by atoms with E-state index in [1.54, 1.807) is 11.8 Å². The Kier molecular flexibility index (Phi) is 6.82. The van der Waals surface area contributed by atoms with E-state index in [4.69, 9.17) is 11.6 Å². The third-order valence-corrected chi connectivity index (χ3v) is 4.56. The second-order valence-corrected chi connectivity index (χ2v) is 6.89. The topological polar surface area (TPSA) is 78.5 Å². The molecule has 1 heterocycles. The summed E-state index contributed by atoms with van der Waals surface area (Å²) < 4.78 is 0. The van der Waals surface area contributed by atoms with E-state index in [9.17, 15) is 14.4 Å². The van der Waals surface area contributed by atoms with Crippen LogP contribution < -0.4 is 10.6 Å². The van der Waals surface area contributed by atoms with Crippen LogP contribution in [0.2, 0.25) is 0 Å². The van der Waals surface area contributed by atoms with Gasteiger partial charge in [0.15, 0.2) is 0 Å². The highest BCUT2D eigenvalue weighted by Gasteiger charge is 2.36. The van der Waals surface area contributed by atoms with Gasteiger partial charge in [-0.1, -0.05) is 30.3 Å². The molecule has 1 fully saturated rings. The fraction of sp³-hybridized carbons (Fsp3) is 0.500. The number of benzene rings is 1. The minimum atomic E-state index is -0.601. The van der Waals surface area contributed by atoms with Gasteiger partial charge in [-0.05, 0) is 19.4 Å². The van der Waals surface area contributed by atoms with Crippen molar-refractivity contribution >= 4 is 29.3 Å². The Labute approximate surface area is 152 Å². The lowest BCUT2D eigenvalue weighted by Gasteiger charge is -2.25. The summed E-state index contributed by atoms with van der Waals surface area (Å²) in [6, 6.07) is 9.70. The van der Waals surface area contributed by atoms with Gasteiger partial charge in [-0.3, -0.25) is 14.4 Å². The second kappa shape index (κ2) is 8.85. The molecule has 3 atom stereocenters. The van der Waals surface area contributed by atoms with Gasteiger partial charge in [0.05, 0.1) is 12.0 Å². The number of nitrogens with one attached hydrogen (secondary N) is 2. The third-order valence-electron chi connectivity index (χ3n) is 4.36. The lowest BCUT2D eigenvalue weighted by molar-refractivity contribution is -0.130. The summed E-state index contributed by atoms with van der Waals surface area (Å²) in [6.07, 6.45) is 0.216. The van der Waals surface area contributed by atoms with Gasteiger partial charge in [-0.15, -0.1) is 11.6 Å². The van der Waals surface area contributed by atoms with Crippen LogP contribution in [0.3, 0.4) is 0 Å². The predicted octanol–water partition coefficient (Wildman–Crippen LogP) is 1.46. The molecule has 136 valence electrons. The van der Waals surface area contributed by atoms with Crippen molar-refractivity contribution < 1.29 is 14.4 Å². The van der Waals surface area contributed by atoms with E-state index in [1.165, 1.54) is 0 Å². The van der Waals surface area contributed by atoms with Crippen molar-refractivity contribution in [1.29, 1.82) is 0 Å². The monoisotopic (exact) mass is 365 g/mol. The summed E-state index contributed by atoms with van der Waals surface area (Å²) in [6.45, 7) is 4.59. The molecule has 2 N–H and O–H groups in total. The molecule has 25 heavy (non-hydrogen) atoms. The van der Waals surface area contributed by atoms with Crippen LogP contribution in [0.25, 0.3) is 0 Å². The number of hydrogen-bond acceptors (Lipinski definition) is 3. The molecule has 7 heteroatoms. The molecular formula is C18H24ClN3O3. The zero-order chi connectivity index (χ0) is 18.4. The lowest BCUT2D eigenvalue weighted by atomic mass is 10.1. The van der Waals surface area contributed by atoms with Gasteiger partial charge in [0.25, 0.3) is 0 Å². The number of rotatable bonds is 7. The van der Waals surface area contributed by atoms with Crippen molar-refractivity contribution in [1.82, 2.24) is 15.5 Å². The summed E-state index contributed by atoms with van der Waals surface area (Å²) in [5.74, 6) is -0.804. The maximum absolute atomic E-state index is 12.3. The standard InChI is InChI=1S/C18H24ClN3O3/c1-12(19)17(24)20-8-9-21-18(25)15-10-16(23)22(11-15)13(2)14-6-4-3-5-7-14/h3-7,12-13,15H,8-11H2,1-2H3,(H,20,24)(H,21,25). The van der Waals surface area contributed by atoms with Gasteiger partial charge >= 0.3 is 0 Å². The van der Waals surface area contributed by atoms with E-state index in [1.807, 2.05) is 37.3 Å². The number of hydrogen-bond donors (Lipinski definition) is 2. The maximum Gasteiger partial charge on any atom is 0.237 e. The first-order chi connectivity index (χ1) is 11.9. The molecule has 0 saturated carbocycles. The zero-order valence-corrected chi connectivity index (χ0v) is 15.3. The molecule has 0 aromatic heterocycles. The van der Waals surface area contributed by atoms with Crippen LogP contribution in [0, 0.1) is 5.92 Å². The fourth-order valence-corrected chi connectivity index (χ4v) is 2.93. The molecule has 6 nitrogen and oxygen atoms in total. The Morgan fingerprint density at radius 1 is 1.20 bits per heavy atom. The van der Waals surface area contributed by atoms with E-state index >= 15 is 0 Å². The summed E-state index contributed by atoms with van der Waals surface area (Å²) in [7, 11) is 0. The Hall–Kier alpha value is -2.08. The highest BCUT2D eigenvalue weighted by atomic mass is 35.5. The van der Waals surface area contributed by atoms with Crippen molar-refractivity contribution in [2.45, 2.75) is 31.7 Å². The highest BCUT2D eigenvalue weighted by molar-refractivity contribution is 6.30. The van der Waals surface area contributed by atoms with Gasteiger partial charge in [0, 0.05) is 26.1 Å². The smallest absolute Gasteiger partial charge is 0.237 e. The van der Waals surface area contributed by atoms with Crippen LogP contribution in [0.1, 0.15) is 31.9 Å². The van der Waals surface area contributed by atoms with Crippen molar-refractivity contribution in [2.75, 3.05) is 19.6 Å². The molecule has 1 saturated heterocycles. The van der Waals surface area contributed by atoms with Crippen LogP contribution in [-0.2, 0) is 14.4 Å². The lowest BCUT2D eigenvalue weighted by Crippen LogP contribution is -2.40. The summed E-state index contributed by atoms with van der Waals surface area (Å²) in [5, 5.41) is 4.78. The highest BCUT2D eigenvalue weighted by Crippen LogP contribution is 2.28. The van der Waals surface area contributed by atoms with Crippen LogP contribution in [-0.4, -0.2) is 47.6 Å². The molecule has 3 unspecified atom stereocenters. The summed E-state index contributed by atoms with van der Waals surface area (Å²) in [5.41, 5.74) is 1.05. The molecule has 3 amide bonds. The maximum atomic E-state index is 12.3. The molecular weight excluding hydrogens is 342 g/mol. The molecule has 2 rings (SSSR count). The van der Waals surface area contributed by atoms with Crippen molar-refractivity contribution in [2.24, 2.45) is 5.92 Å². The number of likely N-dealkylation sites (tertiary alicyclic amines) is 1. The van der Waals surface area contributed by atoms with Gasteiger partial charge in [-0.2, -0.15) is 0 Å². The normalized spacial score (nSPS) is 19.4. The van der Waals surface area contributed by atoms with Crippen molar-refractivity contribution in [3.05, 3.63) is 35.9 Å². The number of halogens is 1. The minimum Gasteiger partial charge on any atom is -0.354 e. The number of carbonyl (C=O) groups is 3. The zero-order valence-electron chi connectivity index (χ0n) is 14.5. The van der Waals surface area contributed by atoms with E-state index in [0.29, 0.717) is 19.6 Å². The second-order valence-electron chi connectivity index (χ2n) is 6.23. The Morgan fingerprint density at radius 3 is 2.48 bits per heavy atom. The SMILES string of the molecule is CC(Cl)C(=O)NCCNC(=O)C1CC(=O)N(C(C)c2ccccc2)C1. The minimum absolute atomic E-state index is 0.0132.